The molecule has 1 N–H and O–H groups in total. The highest BCUT2D eigenvalue weighted by Crippen LogP contribution is 2.31. The lowest BCUT2D eigenvalue weighted by atomic mass is 10.2. The molecule has 3 rings (SSSR count). The summed E-state index contributed by atoms with van der Waals surface area (Å²) in [4.78, 5) is 9.77. The lowest BCUT2D eigenvalue weighted by Crippen LogP contribution is -2.17. The molecule has 3 aromatic rings. The highest BCUT2D eigenvalue weighted by atomic mass is 15.1. The zero-order chi connectivity index (χ0) is 13.1. The quantitative estimate of drug-likeness (QED) is 0.756. The average Bonchev–Trinajstić information content (AvgIpc) is 2.89. The van der Waals surface area contributed by atoms with Gasteiger partial charge in [-0.2, -0.15) is 0 Å². The van der Waals surface area contributed by atoms with Crippen LogP contribution in [0.3, 0.4) is 0 Å². The molecule has 1 aromatic carbocycles. The average molecular weight is 251 g/mol. The summed E-state index contributed by atoms with van der Waals surface area (Å²) in [5.74, 6) is 0. The zero-order valence-electron chi connectivity index (χ0n) is 11.0. The second kappa shape index (κ2) is 5.14. The Hall–Kier alpha value is -2.29. The first-order valence-electron chi connectivity index (χ1n) is 6.64. The van der Waals surface area contributed by atoms with Gasteiger partial charge in [0.25, 0.3) is 0 Å². The summed E-state index contributed by atoms with van der Waals surface area (Å²) >= 11 is 0. The minimum atomic E-state index is 0.992. The topological polar surface area (TPSA) is 31.9 Å². The van der Waals surface area contributed by atoms with Crippen LogP contribution in [-0.2, 0) is 0 Å². The maximum atomic E-state index is 4.10. The van der Waals surface area contributed by atoms with Gasteiger partial charge in [-0.05, 0) is 24.6 Å². The van der Waals surface area contributed by atoms with Gasteiger partial charge in [0.15, 0.2) is 0 Å². The molecule has 0 radical (unpaired) electrons. The molecular weight excluding hydrogens is 234 g/mol. The number of aromatic nitrogens is 2. The largest absolute Gasteiger partial charge is 0.359 e. The van der Waals surface area contributed by atoms with Crippen molar-refractivity contribution >= 4 is 22.3 Å². The fraction of sp³-hybridized carbons (Fsp3) is 0.188. The van der Waals surface area contributed by atoms with Crippen molar-refractivity contribution in [2.45, 2.75) is 13.3 Å². The Kier molecular flexibility index (Phi) is 3.19. The van der Waals surface area contributed by atoms with E-state index in [1.54, 1.807) is 0 Å². The number of fused-ring (bicyclic) bond motifs is 1. The predicted molar refractivity (Wildman–Crippen MR) is 79.8 cm³/mol. The van der Waals surface area contributed by atoms with Crippen LogP contribution in [0.25, 0.3) is 10.9 Å². The Balaban J connectivity index is 2.10. The maximum Gasteiger partial charge on any atom is 0.0668 e. The predicted octanol–water partition coefficient (Wildman–Crippen LogP) is 4.11. The highest BCUT2D eigenvalue weighted by Gasteiger charge is 2.12. The van der Waals surface area contributed by atoms with E-state index < -0.39 is 0 Å². The molecule has 0 aliphatic carbocycles. The van der Waals surface area contributed by atoms with Crippen LogP contribution in [0.2, 0.25) is 0 Å². The van der Waals surface area contributed by atoms with Gasteiger partial charge < -0.3 is 9.88 Å². The number of pyridine rings is 1. The summed E-state index contributed by atoms with van der Waals surface area (Å²) in [5.41, 5.74) is 3.58. The molecule has 0 spiro atoms. The van der Waals surface area contributed by atoms with Crippen molar-refractivity contribution in [3.63, 3.8) is 0 Å². The van der Waals surface area contributed by atoms with E-state index in [0.717, 1.165) is 13.0 Å². The SMILES string of the molecule is CCCN(c1ccncc1)c1c[nH]c2ccccc12. The van der Waals surface area contributed by atoms with E-state index in [0.29, 0.717) is 0 Å². The molecule has 0 amide bonds. The standard InChI is InChI=1S/C16H17N3/c1-2-11-19(13-7-9-17-10-8-13)16-12-18-15-6-4-3-5-14(15)16/h3-10,12,18H,2,11H2,1H3. The molecule has 0 atom stereocenters. The first kappa shape index (κ1) is 11.8. The van der Waals surface area contributed by atoms with Crippen LogP contribution in [-0.4, -0.2) is 16.5 Å². The van der Waals surface area contributed by atoms with Crippen molar-refractivity contribution in [3.8, 4) is 0 Å². The molecule has 19 heavy (non-hydrogen) atoms. The molecule has 0 saturated carbocycles. The number of H-pyrrole nitrogens is 1. The third kappa shape index (κ3) is 2.19. The second-order valence-corrected chi connectivity index (χ2v) is 4.58. The van der Waals surface area contributed by atoms with Gasteiger partial charge in [0.1, 0.15) is 0 Å². The Labute approximate surface area is 112 Å². The van der Waals surface area contributed by atoms with E-state index in [4.69, 9.17) is 0 Å². The van der Waals surface area contributed by atoms with E-state index in [1.807, 2.05) is 12.4 Å². The van der Waals surface area contributed by atoms with Crippen LogP contribution in [0.4, 0.5) is 11.4 Å². The Bertz CT molecular complexity index is 658. The van der Waals surface area contributed by atoms with Crippen LogP contribution < -0.4 is 4.90 Å². The Morgan fingerprint density at radius 2 is 1.89 bits per heavy atom. The smallest absolute Gasteiger partial charge is 0.0668 e. The van der Waals surface area contributed by atoms with Gasteiger partial charge in [-0.25, -0.2) is 0 Å². The molecule has 0 bridgehead atoms. The molecule has 3 heteroatoms. The number of benzene rings is 1. The van der Waals surface area contributed by atoms with Gasteiger partial charge in [0.05, 0.1) is 5.69 Å². The number of hydrogen-bond acceptors (Lipinski definition) is 2. The molecule has 0 saturated heterocycles. The fourth-order valence-electron chi connectivity index (χ4n) is 2.42. The lowest BCUT2D eigenvalue weighted by Gasteiger charge is -2.23. The van der Waals surface area contributed by atoms with Gasteiger partial charge in [-0.1, -0.05) is 25.1 Å². The number of hydrogen-bond donors (Lipinski definition) is 1. The molecule has 0 aliphatic heterocycles. The highest BCUT2D eigenvalue weighted by molar-refractivity contribution is 5.94. The molecule has 2 heterocycles. The maximum absolute atomic E-state index is 4.10. The third-order valence-corrected chi connectivity index (χ3v) is 3.28. The molecule has 0 aliphatic rings. The summed E-state index contributed by atoms with van der Waals surface area (Å²) in [6.45, 7) is 3.19. The van der Waals surface area contributed by atoms with Crippen molar-refractivity contribution in [1.82, 2.24) is 9.97 Å². The Morgan fingerprint density at radius 1 is 1.11 bits per heavy atom. The van der Waals surface area contributed by atoms with Crippen molar-refractivity contribution in [2.24, 2.45) is 0 Å². The van der Waals surface area contributed by atoms with Crippen LogP contribution >= 0.6 is 0 Å². The first-order chi connectivity index (χ1) is 9.40. The van der Waals surface area contributed by atoms with Gasteiger partial charge in [0.2, 0.25) is 0 Å². The number of para-hydroxylation sites is 1. The normalized spacial score (nSPS) is 10.8. The van der Waals surface area contributed by atoms with Gasteiger partial charge >= 0.3 is 0 Å². The molecule has 0 fully saturated rings. The first-order valence-corrected chi connectivity index (χ1v) is 6.64. The number of rotatable bonds is 4. The molecule has 2 aromatic heterocycles. The van der Waals surface area contributed by atoms with Gasteiger partial charge in [-0.3, -0.25) is 4.98 Å². The lowest BCUT2D eigenvalue weighted by molar-refractivity contribution is 0.887. The van der Waals surface area contributed by atoms with E-state index in [1.165, 1.54) is 22.3 Å². The van der Waals surface area contributed by atoms with Crippen LogP contribution in [0.15, 0.2) is 55.0 Å². The van der Waals surface area contributed by atoms with Crippen molar-refractivity contribution in [2.75, 3.05) is 11.4 Å². The van der Waals surface area contributed by atoms with Crippen molar-refractivity contribution < 1.29 is 0 Å². The summed E-state index contributed by atoms with van der Waals surface area (Å²) < 4.78 is 0. The second-order valence-electron chi connectivity index (χ2n) is 4.58. The summed E-state index contributed by atoms with van der Waals surface area (Å²) in [6, 6.07) is 12.5. The van der Waals surface area contributed by atoms with Gasteiger partial charge in [-0.15, -0.1) is 0 Å². The van der Waals surface area contributed by atoms with Crippen LogP contribution in [0.5, 0.6) is 0 Å². The minimum Gasteiger partial charge on any atom is -0.359 e. The summed E-state index contributed by atoms with van der Waals surface area (Å²) in [7, 11) is 0. The Morgan fingerprint density at radius 3 is 2.68 bits per heavy atom. The van der Waals surface area contributed by atoms with Crippen LogP contribution in [0, 0.1) is 0 Å². The van der Waals surface area contributed by atoms with Crippen LogP contribution in [0.1, 0.15) is 13.3 Å². The minimum absolute atomic E-state index is 0.992. The number of anilines is 2. The van der Waals surface area contributed by atoms with E-state index in [9.17, 15) is 0 Å². The van der Waals surface area contributed by atoms with Crippen molar-refractivity contribution in [1.29, 1.82) is 0 Å². The molecule has 0 unspecified atom stereocenters. The van der Waals surface area contributed by atoms with E-state index >= 15 is 0 Å². The van der Waals surface area contributed by atoms with E-state index in [-0.39, 0.29) is 0 Å². The number of aromatic amines is 1. The van der Waals surface area contributed by atoms with Crippen molar-refractivity contribution in [3.05, 3.63) is 55.0 Å². The molecule has 96 valence electrons. The van der Waals surface area contributed by atoms with Gasteiger partial charge in [0, 0.05) is 41.7 Å². The monoisotopic (exact) mass is 251 g/mol. The molecule has 3 nitrogen and oxygen atoms in total. The summed E-state index contributed by atoms with van der Waals surface area (Å²) in [6.07, 6.45) is 6.86. The fourth-order valence-corrected chi connectivity index (χ4v) is 2.42. The zero-order valence-corrected chi connectivity index (χ0v) is 11.0. The number of nitrogens with zero attached hydrogens (tertiary/aromatic N) is 2. The third-order valence-electron chi connectivity index (χ3n) is 3.28. The molecular formula is C16H17N3. The summed E-state index contributed by atoms with van der Waals surface area (Å²) in [5, 5.41) is 1.26. The number of nitrogens with one attached hydrogen (secondary N) is 1. The van der Waals surface area contributed by atoms with E-state index in [2.05, 4.69) is 64.4 Å².